The molecule has 0 amide bonds. The summed E-state index contributed by atoms with van der Waals surface area (Å²) >= 11 is 0. The number of rotatable bonds is 4. The van der Waals surface area contributed by atoms with Crippen LogP contribution >= 0.6 is 0 Å². The van der Waals surface area contributed by atoms with Gasteiger partial charge >= 0.3 is 0 Å². The number of nitrogens with one attached hydrogen (secondary N) is 1. The predicted molar refractivity (Wildman–Crippen MR) is 71.1 cm³/mol. The fourth-order valence-corrected chi connectivity index (χ4v) is 2.80. The van der Waals surface area contributed by atoms with Gasteiger partial charge in [0, 0.05) is 24.8 Å². The molecule has 0 aliphatic heterocycles. The zero-order valence-electron chi connectivity index (χ0n) is 11.7. The highest BCUT2D eigenvalue weighted by Gasteiger charge is 2.28. The van der Waals surface area contributed by atoms with Crippen molar-refractivity contribution >= 4 is 0 Å². The Kier molecular flexibility index (Phi) is 4.53. The Morgan fingerprint density at radius 2 is 2.00 bits per heavy atom. The third-order valence-corrected chi connectivity index (χ3v) is 3.96. The molecule has 0 radical (unpaired) electrons. The lowest BCUT2D eigenvalue weighted by molar-refractivity contribution is 0.0818. The van der Waals surface area contributed by atoms with Crippen LogP contribution < -0.4 is 5.32 Å². The maximum Gasteiger partial charge on any atom is 0.128 e. The van der Waals surface area contributed by atoms with Crippen molar-refractivity contribution in [3.8, 4) is 0 Å². The molecule has 4 heteroatoms. The topological polar surface area (TPSA) is 21.3 Å². The molecule has 1 fully saturated rings. The van der Waals surface area contributed by atoms with Crippen LogP contribution in [0.1, 0.15) is 43.4 Å². The summed E-state index contributed by atoms with van der Waals surface area (Å²) in [6.45, 7) is 3.43. The molecule has 1 aliphatic rings. The molecule has 0 bridgehead atoms. The monoisotopic (exact) mass is 269 g/mol. The fraction of sp³-hybridized carbons (Fsp3) is 0.600. The lowest BCUT2D eigenvalue weighted by atomic mass is 10.0. The number of halogens is 2. The molecule has 1 saturated carbocycles. The average molecular weight is 269 g/mol. The normalized spacial score (nSPS) is 24.7. The summed E-state index contributed by atoms with van der Waals surface area (Å²) in [5, 5.41) is 3.35. The van der Waals surface area contributed by atoms with Crippen LogP contribution in [0.15, 0.2) is 12.1 Å². The van der Waals surface area contributed by atoms with Crippen molar-refractivity contribution in [2.75, 3.05) is 7.11 Å². The number of hydrogen-bond donors (Lipinski definition) is 1. The second-order valence-corrected chi connectivity index (χ2v) is 5.32. The van der Waals surface area contributed by atoms with Crippen LogP contribution in [0.2, 0.25) is 0 Å². The van der Waals surface area contributed by atoms with Crippen LogP contribution in [0.3, 0.4) is 0 Å². The lowest BCUT2D eigenvalue weighted by Crippen LogP contribution is -2.38. The first-order valence-corrected chi connectivity index (χ1v) is 6.77. The molecule has 2 nitrogen and oxygen atoms in total. The number of hydrogen-bond acceptors (Lipinski definition) is 2. The molecule has 0 spiro atoms. The zero-order valence-corrected chi connectivity index (χ0v) is 11.7. The number of methoxy groups -OCH3 is 1. The first-order chi connectivity index (χ1) is 9.02. The molecule has 3 atom stereocenters. The molecule has 1 aromatic carbocycles. The molecule has 3 unspecified atom stereocenters. The summed E-state index contributed by atoms with van der Waals surface area (Å²) in [6.07, 6.45) is 3.30. The fourth-order valence-electron chi connectivity index (χ4n) is 2.80. The van der Waals surface area contributed by atoms with Gasteiger partial charge in [-0.2, -0.15) is 0 Å². The van der Waals surface area contributed by atoms with E-state index in [9.17, 15) is 8.78 Å². The molecule has 0 aromatic heterocycles. The zero-order chi connectivity index (χ0) is 14.0. The van der Waals surface area contributed by atoms with Crippen LogP contribution in [-0.2, 0) is 4.74 Å². The maximum atomic E-state index is 13.9. The Balaban J connectivity index is 2.11. The highest BCUT2D eigenvalue weighted by molar-refractivity contribution is 5.27. The summed E-state index contributed by atoms with van der Waals surface area (Å²) in [7, 11) is 1.70. The minimum absolute atomic E-state index is 0.167. The Morgan fingerprint density at radius 1 is 1.26 bits per heavy atom. The molecule has 0 saturated heterocycles. The minimum Gasteiger partial charge on any atom is -0.380 e. The SMILES string of the molecule is COC1CCCC1NC(C)c1cc(F)c(C)cc1F. The van der Waals surface area contributed by atoms with Crippen LogP contribution in [0.4, 0.5) is 8.78 Å². The summed E-state index contributed by atoms with van der Waals surface area (Å²) in [5.74, 6) is -0.717. The molecular formula is C15H21F2NO. The van der Waals surface area contributed by atoms with Crippen molar-refractivity contribution < 1.29 is 13.5 Å². The Bertz CT molecular complexity index is 450. The summed E-state index contributed by atoms with van der Waals surface area (Å²) in [6, 6.07) is 2.53. The summed E-state index contributed by atoms with van der Waals surface area (Å²) in [4.78, 5) is 0. The predicted octanol–water partition coefficient (Wildman–Crippen LogP) is 3.49. The van der Waals surface area contributed by atoms with Gasteiger partial charge in [0.1, 0.15) is 11.6 Å². The Morgan fingerprint density at radius 3 is 2.68 bits per heavy atom. The highest BCUT2D eigenvalue weighted by atomic mass is 19.1. The Hall–Kier alpha value is -1.00. The summed E-state index contributed by atoms with van der Waals surface area (Å²) < 4.78 is 32.9. The van der Waals surface area contributed by atoms with E-state index >= 15 is 0 Å². The standard InChI is InChI=1S/C15H21F2NO/c1-9-7-13(17)11(8-12(9)16)10(2)18-14-5-4-6-15(14)19-3/h7-8,10,14-15,18H,4-6H2,1-3H3. The number of ether oxygens (including phenoxy) is 1. The third kappa shape index (κ3) is 3.12. The van der Waals surface area contributed by atoms with Gasteiger partial charge in [-0.25, -0.2) is 8.78 Å². The molecule has 1 aliphatic carbocycles. The van der Waals surface area contributed by atoms with Gasteiger partial charge < -0.3 is 10.1 Å². The van der Waals surface area contributed by atoms with Gasteiger partial charge in [0.2, 0.25) is 0 Å². The molecule has 2 rings (SSSR count). The molecule has 1 aromatic rings. The molecule has 106 valence electrons. The van der Waals surface area contributed by atoms with Crippen LogP contribution in [0.5, 0.6) is 0 Å². The van der Waals surface area contributed by atoms with Crippen molar-refractivity contribution in [3.05, 3.63) is 34.9 Å². The summed E-state index contributed by atoms with van der Waals surface area (Å²) in [5.41, 5.74) is 0.717. The van der Waals surface area contributed by atoms with E-state index in [-0.39, 0.29) is 29.8 Å². The second-order valence-electron chi connectivity index (χ2n) is 5.32. The van der Waals surface area contributed by atoms with Gasteiger partial charge in [-0.15, -0.1) is 0 Å². The highest BCUT2D eigenvalue weighted by Crippen LogP contribution is 2.26. The van der Waals surface area contributed by atoms with Gasteiger partial charge in [0.05, 0.1) is 6.10 Å². The molecule has 19 heavy (non-hydrogen) atoms. The van der Waals surface area contributed by atoms with Gasteiger partial charge in [-0.3, -0.25) is 0 Å². The lowest BCUT2D eigenvalue weighted by Gasteiger charge is -2.25. The number of benzene rings is 1. The van der Waals surface area contributed by atoms with Gasteiger partial charge in [0.25, 0.3) is 0 Å². The largest absolute Gasteiger partial charge is 0.380 e. The van der Waals surface area contributed by atoms with E-state index in [1.165, 1.54) is 12.1 Å². The van der Waals surface area contributed by atoms with E-state index in [2.05, 4.69) is 5.32 Å². The van der Waals surface area contributed by atoms with Crippen molar-refractivity contribution in [1.82, 2.24) is 5.32 Å². The van der Waals surface area contributed by atoms with Crippen molar-refractivity contribution in [2.24, 2.45) is 0 Å². The smallest absolute Gasteiger partial charge is 0.128 e. The van der Waals surface area contributed by atoms with Crippen molar-refractivity contribution in [3.63, 3.8) is 0 Å². The van der Waals surface area contributed by atoms with E-state index in [1.807, 2.05) is 6.92 Å². The molecule has 1 N–H and O–H groups in total. The molecular weight excluding hydrogens is 248 g/mol. The quantitative estimate of drug-likeness (QED) is 0.903. The van der Waals surface area contributed by atoms with Crippen molar-refractivity contribution in [1.29, 1.82) is 0 Å². The van der Waals surface area contributed by atoms with E-state index in [4.69, 9.17) is 4.74 Å². The van der Waals surface area contributed by atoms with E-state index in [1.54, 1.807) is 14.0 Å². The average Bonchev–Trinajstić information content (AvgIpc) is 2.80. The van der Waals surface area contributed by atoms with E-state index in [0.717, 1.165) is 19.3 Å². The van der Waals surface area contributed by atoms with Crippen LogP contribution in [-0.4, -0.2) is 19.3 Å². The van der Waals surface area contributed by atoms with Crippen LogP contribution in [0.25, 0.3) is 0 Å². The van der Waals surface area contributed by atoms with Gasteiger partial charge in [-0.05, 0) is 50.8 Å². The molecule has 0 heterocycles. The van der Waals surface area contributed by atoms with Crippen LogP contribution in [0, 0.1) is 18.6 Å². The first-order valence-electron chi connectivity index (χ1n) is 6.77. The second kappa shape index (κ2) is 5.97. The van der Waals surface area contributed by atoms with E-state index in [0.29, 0.717) is 11.1 Å². The van der Waals surface area contributed by atoms with Crippen molar-refractivity contribution in [2.45, 2.75) is 51.3 Å². The van der Waals surface area contributed by atoms with E-state index < -0.39 is 0 Å². The first kappa shape index (κ1) is 14.4. The Labute approximate surface area is 113 Å². The minimum atomic E-state index is -0.361. The number of aryl methyl sites for hydroxylation is 1. The van der Waals surface area contributed by atoms with Gasteiger partial charge in [0.15, 0.2) is 0 Å². The third-order valence-electron chi connectivity index (χ3n) is 3.96. The maximum absolute atomic E-state index is 13.9. The van der Waals surface area contributed by atoms with Gasteiger partial charge in [-0.1, -0.05) is 0 Å².